The predicted molar refractivity (Wildman–Crippen MR) is 171 cm³/mol. The normalized spacial score (nSPS) is 11.4. The van der Waals surface area contributed by atoms with Gasteiger partial charge in [0.2, 0.25) is 0 Å². The fraction of sp³-hybridized carbons (Fsp3) is 0. The Labute approximate surface area is 243 Å². The van der Waals surface area contributed by atoms with Crippen molar-refractivity contribution in [3.8, 4) is 45.3 Å². The maximum absolute atomic E-state index is 4.94. The maximum atomic E-state index is 4.94. The molecule has 4 heteroatoms. The quantitative estimate of drug-likeness (QED) is 0.193. The van der Waals surface area contributed by atoms with Crippen molar-refractivity contribution in [1.29, 1.82) is 0 Å². The smallest absolute Gasteiger partial charge is 0.0615 e. The van der Waals surface area contributed by atoms with Gasteiger partial charge < -0.3 is 0 Å². The molecule has 0 radical (unpaired) electrons. The number of nitrogens with zero attached hydrogens (tertiary/aromatic N) is 3. The summed E-state index contributed by atoms with van der Waals surface area (Å²) in [6.45, 7) is 0. The molecule has 0 bridgehead atoms. The standard InChI is InChI=1S/C37H23N3Se/c1-3-11-24(12-4-1)35-38-36(25-13-5-2-6-14-25)40-37(39-35)27-21-22-28-26(23-27)15-9-17-29(28)31-18-10-19-32-30-16-7-8-20-33(30)41-34(31)32/h1-23H. The molecule has 8 rings (SSSR count). The first-order valence-corrected chi connectivity index (χ1v) is 15.3. The van der Waals surface area contributed by atoms with Gasteiger partial charge in [-0.15, -0.1) is 0 Å². The van der Waals surface area contributed by atoms with Crippen molar-refractivity contribution in [2.45, 2.75) is 0 Å². The van der Waals surface area contributed by atoms with Crippen LogP contribution in [-0.2, 0) is 0 Å². The summed E-state index contributed by atoms with van der Waals surface area (Å²) >= 11 is 0.289. The molecule has 0 N–H and O–H groups in total. The number of aromatic nitrogens is 3. The molecule has 0 unspecified atom stereocenters. The molecule has 8 aromatic rings. The fourth-order valence-corrected chi connectivity index (χ4v) is 8.14. The molecule has 192 valence electrons. The second-order valence-corrected chi connectivity index (χ2v) is 12.3. The Hall–Kier alpha value is -4.89. The van der Waals surface area contributed by atoms with E-state index >= 15 is 0 Å². The molecule has 0 saturated carbocycles. The molecule has 2 aromatic heterocycles. The van der Waals surface area contributed by atoms with Gasteiger partial charge >= 0.3 is 208 Å². The summed E-state index contributed by atoms with van der Waals surface area (Å²) in [4.78, 5) is 14.7. The van der Waals surface area contributed by atoms with E-state index in [4.69, 9.17) is 15.0 Å². The first-order valence-electron chi connectivity index (χ1n) is 13.6. The number of fused-ring (bicyclic) bond motifs is 4. The van der Waals surface area contributed by atoms with Crippen LogP contribution in [0.25, 0.3) is 75.4 Å². The van der Waals surface area contributed by atoms with Crippen LogP contribution >= 0.6 is 0 Å². The summed E-state index contributed by atoms with van der Waals surface area (Å²) in [6.07, 6.45) is 0. The van der Waals surface area contributed by atoms with Crippen molar-refractivity contribution >= 4 is 44.6 Å². The Morgan fingerprint density at radius 3 is 1.71 bits per heavy atom. The summed E-state index contributed by atoms with van der Waals surface area (Å²) in [6, 6.07) is 49.0. The van der Waals surface area contributed by atoms with Gasteiger partial charge in [-0.25, -0.2) is 0 Å². The van der Waals surface area contributed by atoms with Gasteiger partial charge in [0.15, 0.2) is 0 Å². The predicted octanol–water partition coefficient (Wildman–Crippen LogP) is 9.06. The Bertz CT molecular complexity index is 2140. The summed E-state index contributed by atoms with van der Waals surface area (Å²) in [5.74, 6) is 2.01. The minimum absolute atomic E-state index is 0.289. The van der Waals surface area contributed by atoms with Gasteiger partial charge in [-0.05, 0) is 0 Å². The fourth-order valence-electron chi connectivity index (χ4n) is 5.55. The molecule has 0 amide bonds. The molecular weight excluding hydrogens is 565 g/mol. The van der Waals surface area contributed by atoms with Crippen molar-refractivity contribution in [2.75, 3.05) is 0 Å². The molecule has 41 heavy (non-hydrogen) atoms. The zero-order valence-electron chi connectivity index (χ0n) is 22.0. The second kappa shape index (κ2) is 9.94. The van der Waals surface area contributed by atoms with Crippen LogP contribution in [0.4, 0.5) is 0 Å². The van der Waals surface area contributed by atoms with Gasteiger partial charge in [-0.2, -0.15) is 0 Å². The van der Waals surface area contributed by atoms with Crippen LogP contribution in [0.3, 0.4) is 0 Å². The van der Waals surface area contributed by atoms with Crippen molar-refractivity contribution in [3.05, 3.63) is 140 Å². The summed E-state index contributed by atoms with van der Waals surface area (Å²) in [5, 5.41) is 5.16. The van der Waals surface area contributed by atoms with Gasteiger partial charge in [0.05, 0.1) is 0 Å². The molecule has 6 aromatic carbocycles. The van der Waals surface area contributed by atoms with Crippen molar-refractivity contribution in [1.82, 2.24) is 15.0 Å². The van der Waals surface area contributed by atoms with Crippen molar-refractivity contribution in [3.63, 3.8) is 0 Å². The molecule has 0 atom stereocenters. The van der Waals surface area contributed by atoms with Crippen molar-refractivity contribution in [2.24, 2.45) is 0 Å². The van der Waals surface area contributed by atoms with Gasteiger partial charge in [0.25, 0.3) is 0 Å². The SMILES string of the molecule is c1ccc(-c2nc(-c3ccccc3)nc(-c3ccc4c(-c5cccc6c5[se]c5ccccc56)cccc4c3)n2)cc1. The molecule has 0 saturated heterocycles. The Balaban J connectivity index is 1.29. The van der Waals surface area contributed by atoms with Crippen LogP contribution in [-0.4, -0.2) is 29.5 Å². The van der Waals surface area contributed by atoms with E-state index in [1.807, 2.05) is 60.7 Å². The summed E-state index contributed by atoms with van der Waals surface area (Å²) in [7, 11) is 0. The number of benzene rings is 6. The van der Waals surface area contributed by atoms with Crippen LogP contribution in [0.15, 0.2) is 140 Å². The monoisotopic (exact) mass is 589 g/mol. The number of hydrogen-bond acceptors (Lipinski definition) is 3. The van der Waals surface area contributed by atoms with Gasteiger partial charge in [-0.1, -0.05) is 36.4 Å². The minimum atomic E-state index is 0.289. The van der Waals surface area contributed by atoms with E-state index in [1.165, 1.54) is 41.2 Å². The molecule has 2 heterocycles. The average molecular weight is 589 g/mol. The molecule has 3 nitrogen and oxygen atoms in total. The van der Waals surface area contributed by atoms with E-state index in [2.05, 4.69) is 78.9 Å². The van der Waals surface area contributed by atoms with E-state index in [9.17, 15) is 0 Å². The van der Waals surface area contributed by atoms with Crippen LogP contribution in [0, 0.1) is 0 Å². The van der Waals surface area contributed by atoms with Crippen LogP contribution < -0.4 is 0 Å². The third-order valence-corrected chi connectivity index (χ3v) is 10.1. The molecule has 0 fully saturated rings. The Morgan fingerprint density at radius 1 is 0.390 bits per heavy atom. The topological polar surface area (TPSA) is 38.7 Å². The zero-order chi connectivity index (χ0) is 27.2. The van der Waals surface area contributed by atoms with Crippen LogP contribution in [0.5, 0.6) is 0 Å². The third-order valence-electron chi connectivity index (χ3n) is 7.53. The van der Waals surface area contributed by atoms with E-state index in [1.54, 1.807) is 0 Å². The number of rotatable bonds is 4. The molecule has 0 aliphatic rings. The molecule has 0 aliphatic heterocycles. The zero-order valence-corrected chi connectivity index (χ0v) is 23.7. The van der Waals surface area contributed by atoms with E-state index in [0.29, 0.717) is 17.5 Å². The average Bonchev–Trinajstić information content (AvgIpc) is 3.44. The van der Waals surface area contributed by atoms with E-state index in [-0.39, 0.29) is 14.5 Å². The minimum Gasteiger partial charge on any atom is -0.0615 e. The first-order chi connectivity index (χ1) is 20.3. The van der Waals surface area contributed by atoms with E-state index in [0.717, 1.165) is 16.7 Å². The summed E-state index contributed by atoms with van der Waals surface area (Å²) < 4.78 is 2.93. The first kappa shape index (κ1) is 24.0. The van der Waals surface area contributed by atoms with Crippen LogP contribution in [0.1, 0.15) is 0 Å². The van der Waals surface area contributed by atoms with Crippen molar-refractivity contribution < 1.29 is 0 Å². The van der Waals surface area contributed by atoms with Gasteiger partial charge in [-0.3, -0.25) is 0 Å². The van der Waals surface area contributed by atoms with E-state index < -0.39 is 0 Å². The Morgan fingerprint density at radius 2 is 0.976 bits per heavy atom. The van der Waals surface area contributed by atoms with Gasteiger partial charge in [0, 0.05) is 0 Å². The summed E-state index contributed by atoms with van der Waals surface area (Å²) in [5.41, 5.74) is 5.51. The molecule has 0 aliphatic carbocycles. The molecule has 0 spiro atoms. The number of hydrogen-bond donors (Lipinski definition) is 0. The van der Waals surface area contributed by atoms with Gasteiger partial charge in [0.1, 0.15) is 0 Å². The molecular formula is C37H23N3Se. The third kappa shape index (κ3) is 4.25. The van der Waals surface area contributed by atoms with Crippen LogP contribution in [0.2, 0.25) is 0 Å². The Kier molecular flexibility index (Phi) is 5.81. The second-order valence-electron chi connectivity index (χ2n) is 10.1.